The molecule has 3 aliphatic carbocycles. The zero-order chi connectivity index (χ0) is 28.2. The highest BCUT2D eigenvalue weighted by atomic mass is 16.5. The second-order valence-electron chi connectivity index (χ2n) is 11.6. The van der Waals surface area contributed by atoms with Crippen LogP contribution in [0.25, 0.3) is 39.5 Å². The number of nitrogens with zero attached hydrogens (tertiary/aromatic N) is 2. The highest BCUT2D eigenvalue weighted by Crippen LogP contribution is 2.50. The molecule has 3 heteroatoms. The van der Waals surface area contributed by atoms with Crippen LogP contribution in [0.5, 0.6) is 0 Å². The minimum absolute atomic E-state index is 0.147. The highest BCUT2D eigenvalue weighted by Gasteiger charge is 2.36. The van der Waals surface area contributed by atoms with Crippen LogP contribution in [0, 0.1) is 5.92 Å². The first-order valence-corrected chi connectivity index (χ1v) is 15.0. The van der Waals surface area contributed by atoms with Crippen molar-refractivity contribution in [1.29, 1.82) is 0 Å². The van der Waals surface area contributed by atoms with Crippen molar-refractivity contribution in [2.24, 2.45) is 5.92 Å². The van der Waals surface area contributed by atoms with Crippen molar-refractivity contribution in [1.82, 2.24) is 9.97 Å². The standard InChI is InChI=1S/C39H32N2O/c1-24-22-28(39-38(27-13-6-3-7-14-27)40-32-17-9-10-18-33(32)41-39)23-35-25(2)37-30(16-11-19-34(37)42-35)31-21-20-26-12-5-4-8-15-29(26)36(24)31/h3-10,12-14,17-25H,11,15-16H2,1-2H3/b28-22+,35-23+. The largest absolute Gasteiger partial charge is 0.461 e. The second kappa shape index (κ2) is 9.95. The average molecular weight is 545 g/mol. The highest BCUT2D eigenvalue weighted by molar-refractivity contribution is 5.89. The fourth-order valence-electron chi connectivity index (χ4n) is 7.08. The van der Waals surface area contributed by atoms with Crippen molar-refractivity contribution < 1.29 is 4.74 Å². The van der Waals surface area contributed by atoms with Crippen LogP contribution in [0.4, 0.5) is 0 Å². The number of rotatable bonds is 2. The summed E-state index contributed by atoms with van der Waals surface area (Å²) in [5.41, 5.74) is 13.9. The van der Waals surface area contributed by atoms with E-state index in [2.05, 4.69) is 98.8 Å². The average Bonchev–Trinajstić information content (AvgIpc) is 3.17. The van der Waals surface area contributed by atoms with E-state index in [9.17, 15) is 0 Å². The summed E-state index contributed by atoms with van der Waals surface area (Å²) >= 11 is 0. The molecule has 4 aromatic rings. The fraction of sp³-hybridized carbons (Fsp3) is 0.179. The van der Waals surface area contributed by atoms with Gasteiger partial charge in [0.1, 0.15) is 11.5 Å². The molecule has 2 bridgehead atoms. The lowest BCUT2D eigenvalue weighted by molar-refractivity contribution is 0.331. The van der Waals surface area contributed by atoms with Crippen LogP contribution >= 0.6 is 0 Å². The molecule has 1 fully saturated rings. The summed E-state index contributed by atoms with van der Waals surface area (Å²) in [7, 11) is 0. The van der Waals surface area contributed by atoms with Crippen LogP contribution in [0.1, 0.15) is 60.6 Å². The zero-order valence-electron chi connectivity index (χ0n) is 24.0. The Labute approximate surface area is 247 Å². The van der Waals surface area contributed by atoms with Gasteiger partial charge < -0.3 is 4.74 Å². The third-order valence-electron chi connectivity index (χ3n) is 9.04. The number of fused-ring (bicyclic) bond motifs is 6. The third-order valence-corrected chi connectivity index (χ3v) is 9.04. The van der Waals surface area contributed by atoms with Crippen molar-refractivity contribution in [3.05, 3.63) is 148 Å². The first kappa shape index (κ1) is 25.0. The van der Waals surface area contributed by atoms with E-state index >= 15 is 0 Å². The van der Waals surface area contributed by atoms with Gasteiger partial charge in [0.25, 0.3) is 0 Å². The number of aromatic nitrogens is 2. The van der Waals surface area contributed by atoms with E-state index in [4.69, 9.17) is 14.7 Å². The number of para-hydroxylation sites is 2. The lowest BCUT2D eigenvalue weighted by Crippen LogP contribution is -2.10. The zero-order valence-corrected chi connectivity index (χ0v) is 24.0. The number of hydrogen-bond acceptors (Lipinski definition) is 3. The first-order valence-electron chi connectivity index (χ1n) is 15.0. The minimum atomic E-state index is 0.147. The van der Waals surface area contributed by atoms with E-state index in [0.717, 1.165) is 64.3 Å². The van der Waals surface area contributed by atoms with Gasteiger partial charge in [-0.25, -0.2) is 9.97 Å². The summed E-state index contributed by atoms with van der Waals surface area (Å²) in [6.07, 6.45) is 18.7. The van der Waals surface area contributed by atoms with Gasteiger partial charge in [-0.1, -0.05) is 98.8 Å². The number of hydrogen-bond donors (Lipinski definition) is 0. The Bertz CT molecular complexity index is 1950. The van der Waals surface area contributed by atoms with E-state index in [-0.39, 0.29) is 11.8 Å². The Kier molecular flexibility index (Phi) is 5.92. The van der Waals surface area contributed by atoms with Crippen LogP contribution in [-0.4, -0.2) is 9.97 Å². The SMILES string of the molecule is CC1C2=C3CCC=C2O/C1=C/C(c1nc2ccccc2nc1-c1ccccc1)=C\C(C)c1c3ccc2c1CC=CC=C2. The molecule has 0 radical (unpaired) electrons. The maximum atomic E-state index is 6.66. The van der Waals surface area contributed by atoms with Gasteiger partial charge in [0.2, 0.25) is 0 Å². The predicted molar refractivity (Wildman–Crippen MR) is 172 cm³/mol. The van der Waals surface area contributed by atoms with E-state index in [1.54, 1.807) is 0 Å². The summed E-state index contributed by atoms with van der Waals surface area (Å²) in [5.74, 6) is 2.31. The van der Waals surface area contributed by atoms with Gasteiger partial charge in [-0.05, 0) is 71.4 Å². The van der Waals surface area contributed by atoms with Crippen LogP contribution in [0.3, 0.4) is 0 Å². The molecule has 1 aromatic heterocycles. The van der Waals surface area contributed by atoms with Crippen LogP contribution in [-0.2, 0) is 11.2 Å². The maximum absolute atomic E-state index is 6.66. The van der Waals surface area contributed by atoms with E-state index in [1.165, 1.54) is 33.4 Å². The second-order valence-corrected chi connectivity index (χ2v) is 11.6. The minimum Gasteiger partial charge on any atom is -0.461 e. The van der Waals surface area contributed by atoms with Crippen LogP contribution in [0.15, 0.2) is 120 Å². The van der Waals surface area contributed by atoms with E-state index in [1.807, 2.05) is 24.3 Å². The monoisotopic (exact) mass is 544 g/mol. The Morgan fingerprint density at radius 3 is 2.45 bits per heavy atom. The first-order chi connectivity index (χ1) is 20.7. The van der Waals surface area contributed by atoms with Gasteiger partial charge in [0, 0.05) is 28.5 Å². The number of benzene rings is 3. The van der Waals surface area contributed by atoms with Crippen molar-refractivity contribution in [3.8, 4) is 11.3 Å². The fourth-order valence-corrected chi connectivity index (χ4v) is 7.08. The van der Waals surface area contributed by atoms with Gasteiger partial charge in [-0.2, -0.15) is 0 Å². The Hall–Kier alpha value is -4.76. The molecular formula is C39H32N2O. The number of allylic oxidation sites excluding steroid dienone is 10. The Morgan fingerprint density at radius 2 is 1.62 bits per heavy atom. The Balaban J connectivity index is 1.44. The molecule has 0 N–H and O–H groups in total. The van der Waals surface area contributed by atoms with Crippen molar-refractivity contribution in [2.45, 2.75) is 39.0 Å². The summed E-state index contributed by atoms with van der Waals surface area (Å²) < 4.78 is 6.66. The lowest BCUT2D eigenvalue weighted by Gasteiger charge is -2.26. The van der Waals surface area contributed by atoms with Gasteiger partial charge >= 0.3 is 0 Å². The normalized spacial score (nSPS) is 23.1. The molecular weight excluding hydrogens is 512 g/mol. The third kappa shape index (κ3) is 4.03. The molecule has 0 amide bonds. The molecule has 42 heavy (non-hydrogen) atoms. The summed E-state index contributed by atoms with van der Waals surface area (Å²) in [5, 5.41) is 0. The molecule has 0 spiro atoms. The van der Waals surface area contributed by atoms with Crippen molar-refractivity contribution in [3.63, 3.8) is 0 Å². The Morgan fingerprint density at radius 1 is 0.833 bits per heavy atom. The van der Waals surface area contributed by atoms with Gasteiger partial charge in [0.05, 0.1) is 22.4 Å². The van der Waals surface area contributed by atoms with Crippen LogP contribution < -0.4 is 0 Å². The molecule has 1 saturated heterocycles. The molecule has 4 aliphatic rings. The van der Waals surface area contributed by atoms with Gasteiger partial charge in [-0.15, -0.1) is 0 Å². The summed E-state index contributed by atoms with van der Waals surface area (Å²) in [4.78, 5) is 10.5. The molecule has 1 aliphatic heterocycles. The van der Waals surface area contributed by atoms with Crippen molar-refractivity contribution >= 4 is 28.3 Å². The molecule has 3 aromatic carbocycles. The smallest absolute Gasteiger partial charge is 0.127 e. The molecule has 204 valence electrons. The number of ether oxygens (including phenoxy) is 1. The summed E-state index contributed by atoms with van der Waals surface area (Å²) in [6.45, 7) is 4.62. The lowest BCUT2D eigenvalue weighted by atomic mass is 9.77. The molecule has 2 atom stereocenters. The molecule has 3 nitrogen and oxygen atoms in total. The quantitative estimate of drug-likeness (QED) is 0.252. The van der Waals surface area contributed by atoms with Gasteiger partial charge in [-0.3, -0.25) is 0 Å². The molecule has 2 unspecified atom stereocenters. The summed E-state index contributed by atoms with van der Waals surface area (Å²) in [6, 6.07) is 23.3. The van der Waals surface area contributed by atoms with Crippen LogP contribution in [0.2, 0.25) is 0 Å². The van der Waals surface area contributed by atoms with E-state index in [0.29, 0.717) is 0 Å². The van der Waals surface area contributed by atoms with E-state index < -0.39 is 0 Å². The predicted octanol–water partition coefficient (Wildman–Crippen LogP) is 9.60. The van der Waals surface area contributed by atoms with Gasteiger partial charge in [0.15, 0.2) is 0 Å². The molecule has 8 rings (SSSR count). The molecule has 2 heterocycles. The molecule has 0 saturated carbocycles. The van der Waals surface area contributed by atoms with Crippen molar-refractivity contribution in [2.75, 3.05) is 0 Å². The maximum Gasteiger partial charge on any atom is 0.127 e. The topological polar surface area (TPSA) is 35.0 Å².